The number of ether oxygens (including phenoxy) is 2. The molecule has 0 aromatic heterocycles. The van der Waals surface area contributed by atoms with Gasteiger partial charge in [-0.3, -0.25) is 0 Å². The fourth-order valence-corrected chi connectivity index (χ4v) is 2.00. The molecule has 2 atom stereocenters. The summed E-state index contributed by atoms with van der Waals surface area (Å²) in [5.74, 6) is 0.662. The molecule has 0 bridgehead atoms. The Morgan fingerprint density at radius 2 is 2.05 bits per heavy atom. The summed E-state index contributed by atoms with van der Waals surface area (Å²) < 4.78 is 11.0. The van der Waals surface area contributed by atoms with Gasteiger partial charge >= 0.3 is 0 Å². The predicted molar refractivity (Wildman–Crippen MR) is 83.0 cm³/mol. The van der Waals surface area contributed by atoms with Gasteiger partial charge in [-0.05, 0) is 6.08 Å². The summed E-state index contributed by atoms with van der Waals surface area (Å²) in [6.07, 6.45) is 10.7. The van der Waals surface area contributed by atoms with Crippen LogP contribution in [-0.2, 0) is 9.47 Å². The zero-order chi connectivity index (χ0) is 14.8. The van der Waals surface area contributed by atoms with Crippen molar-refractivity contribution >= 4 is 5.90 Å². The molecule has 110 valence electrons. The molecule has 2 aliphatic heterocycles. The predicted octanol–water partition coefficient (Wildman–Crippen LogP) is 3.53. The Morgan fingerprint density at radius 3 is 2.65 bits per heavy atom. The summed E-state index contributed by atoms with van der Waals surface area (Å²) in [4.78, 5) is 4.71. The molecule has 2 unspecified atom stereocenters. The number of hydrogen-bond acceptors (Lipinski definition) is 3. The summed E-state index contributed by atoms with van der Waals surface area (Å²) in [6.45, 7) is 14.0. The van der Waals surface area contributed by atoms with Crippen LogP contribution >= 0.6 is 0 Å². The molecular weight excluding hydrogens is 250 g/mol. The van der Waals surface area contributed by atoms with Crippen LogP contribution in [0.1, 0.15) is 27.7 Å². The summed E-state index contributed by atoms with van der Waals surface area (Å²) in [5.41, 5.74) is -0.108. The fourth-order valence-electron chi connectivity index (χ4n) is 2.00. The van der Waals surface area contributed by atoms with Gasteiger partial charge in [0.1, 0.15) is 12.7 Å². The maximum Gasteiger partial charge on any atom is 0.208 e. The molecular formula is C17H25NO2. The molecule has 0 amide bonds. The van der Waals surface area contributed by atoms with Crippen LogP contribution in [0.3, 0.4) is 0 Å². The Labute approximate surface area is 122 Å². The van der Waals surface area contributed by atoms with E-state index < -0.39 is 0 Å². The normalized spacial score (nSPS) is 33.9. The molecule has 20 heavy (non-hydrogen) atoms. The zero-order valence-electron chi connectivity index (χ0n) is 12.9. The van der Waals surface area contributed by atoms with Crippen LogP contribution in [0, 0.1) is 10.8 Å². The second-order valence-corrected chi connectivity index (χ2v) is 6.72. The van der Waals surface area contributed by atoms with Gasteiger partial charge in [-0.15, -0.1) is 6.58 Å². The number of nitrogens with zero attached hydrogens (tertiary/aromatic N) is 1. The van der Waals surface area contributed by atoms with E-state index >= 15 is 0 Å². The molecule has 0 spiro atoms. The maximum atomic E-state index is 5.78. The molecule has 3 heteroatoms. The first-order valence-electron chi connectivity index (χ1n) is 7.17. The third-order valence-electron chi connectivity index (χ3n) is 3.67. The van der Waals surface area contributed by atoms with E-state index in [-0.39, 0.29) is 23.0 Å². The Balaban J connectivity index is 2.26. The van der Waals surface area contributed by atoms with Gasteiger partial charge in [0.05, 0.1) is 12.6 Å². The SMILES string of the molecule is C=CC1N=C(OCC2CO2)/C=C\C(C)(C)/C=C\C1(C)C. The van der Waals surface area contributed by atoms with Crippen molar-refractivity contribution in [1.29, 1.82) is 0 Å². The van der Waals surface area contributed by atoms with Crippen LogP contribution in [-0.4, -0.2) is 31.3 Å². The lowest BCUT2D eigenvalue weighted by molar-refractivity contribution is 0.251. The number of hydrogen-bond donors (Lipinski definition) is 0. The topological polar surface area (TPSA) is 34.1 Å². The van der Waals surface area contributed by atoms with Crippen LogP contribution in [0.2, 0.25) is 0 Å². The molecule has 2 heterocycles. The lowest BCUT2D eigenvalue weighted by Crippen LogP contribution is -2.25. The van der Waals surface area contributed by atoms with Crippen LogP contribution in [0.15, 0.2) is 42.0 Å². The van der Waals surface area contributed by atoms with Crippen LogP contribution in [0.25, 0.3) is 0 Å². The van der Waals surface area contributed by atoms with Gasteiger partial charge in [-0.25, -0.2) is 4.99 Å². The van der Waals surface area contributed by atoms with Crippen molar-refractivity contribution in [3.63, 3.8) is 0 Å². The molecule has 2 rings (SSSR count). The highest BCUT2D eigenvalue weighted by Crippen LogP contribution is 2.31. The van der Waals surface area contributed by atoms with E-state index in [4.69, 9.17) is 14.5 Å². The maximum absolute atomic E-state index is 5.78. The Kier molecular flexibility index (Phi) is 4.19. The number of rotatable bonds is 3. The van der Waals surface area contributed by atoms with E-state index in [1.54, 1.807) is 0 Å². The molecule has 0 aliphatic carbocycles. The molecule has 0 radical (unpaired) electrons. The minimum Gasteiger partial charge on any atom is -0.475 e. The van der Waals surface area contributed by atoms with E-state index in [1.165, 1.54) is 0 Å². The Morgan fingerprint density at radius 1 is 1.35 bits per heavy atom. The molecule has 2 aliphatic rings. The van der Waals surface area contributed by atoms with Crippen molar-refractivity contribution < 1.29 is 9.47 Å². The molecule has 0 aromatic carbocycles. The lowest BCUT2D eigenvalue weighted by atomic mass is 9.81. The van der Waals surface area contributed by atoms with E-state index in [1.807, 2.05) is 12.2 Å². The van der Waals surface area contributed by atoms with E-state index in [2.05, 4.69) is 52.5 Å². The third kappa shape index (κ3) is 4.07. The lowest BCUT2D eigenvalue weighted by Gasteiger charge is -2.27. The highest BCUT2D eigenvalue weighted by Gasteiger charge is 2.28. The van der Waals surface area contributed by atoms with Crippen molar-refractivity contribution in [1.82, 2.24) is 0 Å². The zero-order valence-corrected chi connectivity index (χ0v) is 12.9. The number of epoxide rings is 1. The Bertz CT molecular complexity index is 454. The molecule has 0 aromatic rings. The highest BCUT2D eigenvalue weighted by atomic mass is 16.6. The van der Waals surface area contributed by atoms with Crippen molar-refractivity contribution in [3.05, 3.63) is 37.0 Å². The third-order valence-corrected chi connectivity index (χ3v) is 3.67. The quantitative estimate of drug-likeness (QED) is 0.583. The first-order valence-corrected chi connectivity index (χ1v) is 7.17. The van der Waals surface area contributed by atoms with Crippen molar-refractivity contribution in [2.45, 2.75) is 39.8 Å². The molecule has 3 nitrogen and oxygen atoms in total. The molecule has 0 saturated carbocycles. The van der Waals surface area contributed by atoms with Gasteiger partial charge in [-0.1, -0.05) is 52.0 Å². The molecule has 1 saturated heterocycles. The van der Waals surface area contributed by atoms with Crippen molar-refractivity contribution in [2.24, 2.45) is 15.8 Å². The Hall–Kier alpha value is -1.35. The monoisotopic (exact) mass is 275 g/mol. The van der Waals surface area contributed by atoms with Crippen LogP contribution in [0.5, 0.6) is 0 Å². The van der Waals surface area contributed by atoms with Crippen LogP contribution in [0.4, 0.5) is 0 Å². The van der Waals surface area contributed by atoms with Gasteiger partial charge in [0.15, 0.2) is 0 Å². The van der Waals surface area contributed by atoms with Gasteiger partial charge in [0.25, 0.3) is 0 Å². The average Bonchev–Trinajstić information content (AvgIpc) is 3.18. The summed E-state index contributed by atoms with van der Waals surface area (Å²) in [5, 5.41) is 0. The minimum atomic E-state index is -0.0876. The summed E-state index contributed by atoms with van der Waals surface area (Å²) in [7, 11) is 0. The smallest absolute Gasteiger partial charge is 0.208 e. The first-order chi connectivity index (χ1) is 9.32. The first kappa shape index (κ1) is 15.0. The van der Waals surface area contributed by atoms with E-state index in [0.29, 0.717) is 12.5 Å². The summed E-state index contributed by atoms with van der Waals surface area (Å²) in [6, 6.07) is -0.00702. The number of allylic oxidation sites excluding steroid dienone is 2. The summed E-state index contributed by atoms with van der Waals surface area (Å²) >= 11 is 0. The van der Waals surface area contributed by atoms with Crippen LogP contribution < -0.4 is 0 Å². The second kappa shape index (κ2) is 5.57. The minimum absolute atomic E-state index is 0.00702. The van der Waals surface area contributed by atoms with Gasteiger partial charge < -0.3 is 9.47 Å². The second-order valence-electron chi connectivity index (χ2n) is 6.72. The molecule has 0 N–H and O–H groups in total. The van der Waals surface area contributed by atoms with Gasteiger partial charge in [-0.2, -0.15) is 0 Å². The fraction of sp³-hybridized carbons (Fsp3) is 0.588. The van der Waals surface area contributed by atoms with Crippen molar-refractivity contribution in [3.8, 4) is 0 Å². The van der Waals surface area contributed by atoms with Gasteiger partial charge in [0, 0.05) is 10.8 Å². The highest BCUT2D eigenvalue weighted by molar-refractivity contribution is 5.88. The average molecular weight is 275 g/mol. The standard InChI is InChI=1S/C17H25NO2/c1-6-14-17(4,5)10-9-16(2,3)8-7-15(18-14)20-12-13-11-19-13/h6-10,13-14H,1,11-12H2,2-5H3/b8-7-,10-9-,18-15?. The number of aliphatic imine (C=N–C) groups is 1. The van der Waals surface area contributed by atoms with E-state index in [0.717, 1.165) is 6.61 Å². The van der Waals surface area contributed by atoms with Crippen molar-refractivity contribution in [2.75, 3.05) is 13.2 Å². The van der Waals surface area contributed by atoms with E-state index in [9.17, 15) is 0 Å². The largest absolute Gasteiger partial charge is 0.475 e. The van der Waals surface area contributed by atoms with Gasteiger partial charge in [0.2, 0.25) is 5.90 Å². The molecule has 1 fully saturated rings.